The van der Waals surface area contributed by atoms with Gasteiger partial charge in [0.25, 0.3) is 0 Å². The van der Waals surface area contributed by atoms with Crippen LogP contribution in [0.5, 0.6) is 0 Å². The number of likely N-dealkylation sites (N-methyl/N-ethyl adjacent to an activating group) is 1. The summed E-state index contributed by atoms with van der Waals surface area (Å²) in [7, 11) is 2.09. The van der Waals surface area contributed by atoms with Gasteiger partial charge in [-0.2, -0.15) is 0 Å². The van der Waals surface area contributed by atoms with Gasteiger partial charge in [-0.05, 0) is 46.7 Å². The highest BCUT2D eigenvalue weighted by Gasteiger charge is 2.36. The zero-order valence-electron chi connectivity index (χ0n) is 13.6. The molecule has 19 heavy (non-hydrogen) atoms. The first-order valence-corrected chi connectivity index (χ1v) is 7.57. The van der Waals surface area contributed by atoms with Crippen LogP contribution in [0, 0.1) is 0 Å². The number of nitrogens with zero attached hydrogens (tertiary/aromatic N) is 1. The average molecular weight is 272 g/mol. The quantitative estimate of drug-likeness (QED) is 0.620. The molecule has 0 aromatic carbocycles. The van der Waals surface area contributed by atoms with Crippen molar-refractivity contribution in [1.82, 2.24) is 10.2 Å². The molecule has 1 atom stereocenters. The SMILES string of the molecule is CCCNC(C)(CN(C)C(CC)CC)C(=O)OCC. The van der Waals surface area contributed by atoms with Gasteiger partial charge in [-0.1, -0.05) is 20.8 Å². The zero-order chi connectivity index (χ0) is 14.9. The number of hydrogen-bond donors (Lipinski definition) is 1. The van der Waals surface area contributed by atoms with Crippen molar-refractivity contribution >= 4 is 5.97 Å². The van der Waals surface area contributed by atoms with Crippen LogP contribution in [0.15, 0.2) is 0 Å². The summed E-state index contributed by atoms with van der Waals surface area (Å²) in [6, 6.07) is 0.511. The first-order chi connectivity index (χ1) is 8.95. The molecule has 4 nitrogen and oxygen atoms in total. The van der Waals surface area contributed by atoms with E-state index < -0.39 is 5.54 Å². The van der Waals surface area contributed by atoms with E-state index in [4.69, 9.17) is 4.74 Å². The van der Waals surface area contributed by atoms with Gasteiger partial charge in [0, 0.05) is 12.6 Å². The van der Waals surface area contributed by atoms with Crippen LogP contribution in [0.25, 0.3) is 0 Å². The molecule has 0 rings (SSSR count). The van der Waals surface area contributed by atoms with Gasteiger partial charge in [0.05, 0.1) is 6.61 Å². The van der Waals surface area contributed by atoms with Crippen LogP contribution in [-0.2, 0) is 9.53 Å². The van der Waals surface area contributed by atoms with Gasteiger partial charge < -0.3 is 15.0 Å². The lowest BCUT2D eigenvalue weighted by molar-refractivity contribution is -0.151. The van der Waals surface area contributed by atoms with Crippen molar-refractivity contribution in [2.24, 2.45) is 0 Å². The molecule has 0 radical (unpaired) electrons. The molecule has 0 bridgehead atoms. The number of ether oxygens (including phenoxy) is 1. The summed E-state index contributed by atoms with van der Waals surface area (Å²) in [5.41, 5.74) is -0.622. The monoisotopic (exact) mass is 272 g/mol. The Labute approximate surface area is 118 Å². The van der Waals surface area contributed by atoms with Crippen molar-refractivity contribution in [2.75, 3.05) is 26.7 Å². The topological polar surface area (TPSA) is 41.6 Å². The Balaban J connectivity index is 4.78. The number of rotatable bonds is 10. The van der Waals surface area contributed by atoms with Gasteiger partial charge >= 0.3 is 5.97 Å². The second-order valence-electron chi connectivity index (χ2n) is 5.36. The highest BCUT2D eigenvalue weighted by Crippen LogP contribution is 2.14. The first-order valence-electron chi connectivity index (χ1n) is 7.57. The normalized spacial score (nSPS) is 14.7. The number of carbonyl (C=O) groups excluding carboxylic acids is 1. The van der Waals surface area contributed by atoms with Crippen LogP contribution < -0.4 is 5.32 Å². The van der Waals surface area contributed by atoms with E-state index in [0.717, 1.165) is 25.8 Å². The number of esters is 1. The van der Waals surface area contributed by atoms with Gasteiger partial charge in [0.2, 0.25) is 0 Å². The molecule has 0 amide bonds. The summed E-state index contributed by atoms with van der Waals surface area (Å²) in [6.45, 7) is 12.2. The van der Waals surface area contributed by atoms with Crippen LogP contribution >= 0.6 is 0 Å². The van der Waals surface area contributed by atoms with Gasteiger partial charge in [-0.15, -0.1) is 0 Å². The Kier molecular flexibility index (Phi) is 9.02. The van der Waals surface area contributed by atoms with Crippen LogP contribution in [0.4, 0.5) is 0 Å². The van der Waals surface area contributed by atoms with E-state index >= 15 is 0 Å². The standard InChI is InChI=1S/C15H32N2O2/c1-7-11-16-15(5,14(18)19-10-4)12-17(6)13(8-2)9-3/h13,16H,7-12H2,1-6H3. The fourth-order valence-corrected chi connectivity index (χ4v) is 2.42. The summed E-state index contributed by atoms with van der Waals surface area (Å²) in [6.07, 6.45) is 3.20. The Morgan fingerprint density at radius 3 is 2.26 bits per heavy atom. The molecule has 0 aromatic rings. The van der Waals surface area contributed by atoms with Gasteiger partial charge in [0.1, 0.15) is 5.54 Å². The molecule has 0 spiro atoms. The van der Waals surface area contributed by atoms with E-state index in [-0.39, 0.29) is 5.97 Å². The number of hydrogen-bond acceptors (Lipinski definition) is 4. The highest BCUT2D eigenvalue weighted by atomic mass is 16.5. The molecule has 0 saturated heterocycles. The average Bonchev–Trinajstić information content (AvgIpc) is 2.38. The largest absolute Gasteiger partial charge is 0.465 e. The van der Waals surface area contributed by atoms with Gasteiger partial charge in [-0.25, -0.2) is 0 Å². The summed E-state index contributed by atoms with van der Waals surface area (Å²) in [5.74, 6) is -0.152. The molecule has 1 N–H and O–H groups in total. The fraction of sp³-hybridized carbons (Fsp3) is 0.933. The molecule has 0 aliphatic heterocycles. The maximum absolute atomic E-state index is 12.2. The third-order valence-corrected chi connectivity index (χ3v) is 3.62. The molecule has 0 aliphatic carbocycles. The summed E-state index contributed by atoms with van der Waals surface area (Å²) < 4.78 is 5.22. The molecule has 0 aromatic heterocycles. The van der Waals surface area contributed by atoms with Crippen molar-refractivity contribution in [3.63, 3.8) is 0 Å². The third-order valence-electron chi connectivity index (χ3n) is 3.62. The molecule has 0 saturated carbocycles. The van der Waals surface area contributed by atoms with Crippen molar-refractivity contribution in [1.29, 1.82) is 0 Å². The molecular formula is C15H32N2O2. The lowest BCUT2D eigenvalue weighted by Gasteiger charge is -2.36. The van der Waals surface area contributed by atoms with Crippen LogP contribution in [0.3, 0.4) is 0 Å². The second-order valence-corrected chi connectivity index (χ2v) is 5.36. The maximum atomic E-state index is 12.2. The molecule has 0 aliphatic rings. The van der Waals surface area contributed by atoms with Crippen molar-refractivity contribution in [3.8, 4) is 0 Å². The lowest BCUT2D eigenvalue weighted by Crippen LogP contribution is -2.58. The molecule has 1 unspecified atom stereocenters. The first kappa shape index (κ1) is 18.4. The number of carbonyl (C=O) groups is 1. The van der Waals surface area contributed by atoms with Crippen LogP contribution in [-0.4, -0.2) is 49.2 Å². The summed E-state index contributed by atoms with van der Waals surface area (Å²) in [4.78, 5) is 14.5. The third kappa shape index (κ3) is 5.91. The number of nitrogens with one attached hydrogen (secondary N) is 1. The Morgan fingerprint density at radius 1 is 1.26 bits per heavy atom. The zero-order valence-corrected chi connectivity index (χ0v) is 13.6. The molecule has 0 fully saturated rings. The summed E-state index contributed by atoms with van der Waals surface area (Å²) in [5, 5.41) is 3.35. The minimum absolute atomic E-state index is 0.152. The predicted molar refractivity (Wildman–Crippen MR) is 80.3 cm³/mol. The predicted octanol–water partition coefficient (Wildman–Crippen LogP) is 2.43. The minimum Gasteiger partial charge on any atom is -0.465 e. The Hall–Kier alpha value is -0.610. The Morgan fingerprint density at radius 2 is 1.84 bits per heavy atom. The van der Waals surface area contributed by atoms with E-state index in [2.05, 4.69) is 38.0 Å². The lowest BCUT2D eigenvalue weighted by atomic mass is 9.99. The van der Waals surface area contributed by atoms with Crippen LogP contribution in [0.2, 0.25) is 0 Å². The highest BCUT2D eigenvalue weighted by molar-refractivity contribution is 5.80. The molecule has 4 heteroatoms. The van der Waals surface area contributed by atoms with Gasteiger partial charge in [-0.3, -0.25) is 4.79 Å². The fourth-order valence-electron chi connectivity index (χ4n) is 2.42. The van der Waals surface area contributed by atoms with E-state index in [0.29, 0.717) is 19.2 Å². The Bertz CT molecular complexity index is 255. The molecule has 114 valence electrons. The molecule has 0 heterocycles. The van der Waals surface area contributed by atoms with E-state index in [1.807, 2.05) is 13.8 Å². The minimum atomic E-state index is -0.622. The van der Waals surface area contributed by atoms with Gasteiger partial charge in [0.15, 0.2) is 0 Å². The molecular weight excluding hydrogens is 240 g/mol. The van der Waals surface area contributed by atoms with E-state index in [1.165, 1.54) is 0 Å². The second kappa shape index (κ2) is 9.32. The van der Waals surface area contributed by atoms with Crippen molar-refractivity contribution in [3.05, 3.63) is 0 Å². The summed E-state index contributed by atoms with van der Waals surface area (Å²) >= 11 is 0. The van der Waals surface area contributed by atoms with Crippen molar-refractivity contribution < 1.29 is 9.53 Å². The van der Waals surface area contributed by atoms with E-state index in [1.54, 1.807) is 0 Å². The van der Waals surface area contributed by atoms with Crippen molar-refractivity contribution in [2.45, 2.75) is 65.5 Å². The van der Waals surface area contributed by atoms with Crippen LogP contribution in [0.1, 0.15) is 53.9 Å². The van der Waals surface area contributed by atoms with E-state index in [9.17, 15) is 4.79 Å². The smallest absolute Gasteiger partial charge is 0.327 e. The maximum Gasteiger partial charge on any atom is 0.327 e.